The van der Waals surface area contributed by atoms with Gasteiger partial charge in [-0.3, -0.25) is 0 Å². The van der Waals surface area contributed by atoms with Crippen LogP contribution in [0.4, 0.5) is 4.79 Å². The smallest absolute Gasteiger partial charge is 0.329 e. The Kier molecular flexibility index (Phi) is 6.61. The first kappa shape index (κ1) is 15.7. The summed E-state index contributed by atoms with van der Waals surface area (Å²) in [5, 5.41) is 14.2. The highest BCUT2D eigenvalue weighted by Crippen LogP contribution is 2.09. The Morgan fingerprint density at radius 3 is 2.35 bits per heavy atom. The van der Waals surface area contributed by atoms with E-state index in [4.69, 9.17) is 5.11 Å². The number of carbonyl (C=O) groups is 2. The van der Waals surface area contributed by atoms with Gasteiger partial charge in [-0.2, -0.15) is 0 Å². The van der Waals surface area contributed by atoms with Crippen molar-refractivity contribution >= 4 is 12.0 Å². The van der Waals surface area contributed by atoms with Crippen LogP contribution in [-0.4, -0.2) is 29.2 Å². The van der Waals surface area contributed by atoms with Gasteiger partial charge in [0.15, 0.2) is 0 Å². The third-order valence-corrected chi connectivity index (χ3v) is 2.96. The molecule has 100 valence electrons. The van der Waals surface area contributed by atoms with Crippen molar-refractivity contribution in [1.82, 2.24) is 10.6 Å². The zero-order valence-corrected chi connectivity index (χ0v) is 11.2. The molecule has 0 saturated carbocycles. The van der Waals surface area contributed by atoms with Crippen LogP contribution < -0.4 is 10.6 Å². The molecule has 0 aliphatic heterocycles. The molecule has 5 nitrogen and oxygen atoms in total. The van der Waals surface area contributed by atoms with E-state index >= 15 is 0 Å². The van der Waals surface area contributed by atoms with Crippen LogP contribution in [0.2, 0.25) is 0 Å². The van der Waals surface area contributed by atoms with Gasteiger partial charge in [0, 0.05) is 6.54 Å². The van der Waals surface area contributed by atoms with Gasteiger partial charge in [-0.1, -0.05) is 27.2 Å². The second kappa shape index (κ2) is 7.14. The van der Waals surface area contributed by atoms with Crippen LogP contribution in [0, 0.1) is 5.92 Å². The maximum atomic E-state index is 11.5. The van der Waals surface area contributed by atoms with Crippen LogP contribution in [0.25, 0.3) is 0 Å². The van der Waals surface area contributed by atoms with Gasteiger partial charge in [-0.15, -0.1) is 0 Å². The van der Waals surface area contributed by atoms with Crippen molar-refractivity contribution in [3.05, 3.63) is 0 Å². The number of hydrogen-bond donors (Lipinski definition) is 3. The van der Waals surface area contributed by atoms with E-state index < -0.39 is 17.5 Å². The average molecular weight is 244 g/mol. The third-order valence-electron chi connectivity index (χ3n) is 2.96. The lowest BCUT2D eigenvalue weighted by atomic mass is 10.00. The molecule has 2 atom stereocenters. The summed E-state index contributed by atoms with van der Waals surface area (Å²) in [5.41, 5.74) is -1.20. The first-order valence-electron chi connectivity index (χ1n) is 6.15. The highest BCUT2D eigenvalue weighted by molar-refractivity contribution is 5.85. The average Bonchev–Trinajstić information content (AvgIpc) is 2.26. The Labute approximate surface area is 103 Å². The Balaban J connectivity index is 4.13. The predicted octanol–water partition coefficient (Wildman–Crippen LogP) is 1.98. The molecule has 2 amide bonds. The molecule has 0 aliphatic carbocycles. The fourth-order valence-electron chi connectivity index (χ4n) is 1.45. The van der Waals surface area contributed by atoms with Crippen molar-refractivity contribution < 1.29 is 14.7 Å². The SMILES string of the molecule is CCCC(C)CNC(=O)NC(C)(CC)C(=O)O. The summed E-state index contributed by atoms with van der Waals surface area (Å²) in [6.45, 7) is 7.95. The molecule has 0 spiro atoms. The Morgan fingerprint density at radius 2 is 1.94 bits per heavy atom. The van der Waals surface area contributed by atoms with Crippen molar-refractivity contribution in [2.45, 2.75) is 52.5 Å². The summed E-state index contributed by atoms with van der Waals surface area (Å²) in [4.78, 5) is 22.5. The number of rotatable bonds is 7. The molecule has 0 aliphatic rings. The van der Waals surface area contributed by atoms with Crippen LogP contribution in [0.3, 0.4) is 0 Å². The number of urea groups is 1. The highest BCUT2D eigenvalue weighted by Gasteiger charge is 2.32. The minimum absolute atomic E-state index is 0.347. The maximum absolute atomic E-state index is 11.5. The Bertz CT molecular complexity index is 268. The second-order valence-corrected chi connectivity index (χ2v) is 4.72. The number of hydrogen-bond acceptors (Lipinski definition) is 2. The standard InChI is InChI=1S/C12H24N2O3/c1-5-7-9(3)8-13-11(17)14-12(4,6-2)10(15)16/h9H,5-8H2,1-4H3,(H,15,16)(H2,13,14,17). The molecule has 5 heteroatoms. The van der Waals surface area contributed by atoms with Gasteiger partial charge in [0.1, 0.15) is 5.54 Å². The van der Waals surface area contributed by atoms with Crippen molar-refractivity contribution in [2.75, 3.05) is 6.54 Å². The molecule has 0 rings (SSSR count). The molecule has 0 radical (unpaired) electrons. The van der Waals surface area contributed by atoms with Crippen LogP contribution in [0.1, 0.15) is 47.0 Å². The summed E-state index contributed by atoms with van der Waals surface area (Å²) in [5.74, 6) is -0.611. The molecule has 0 heterocycles. The van der Waals surface area contributed by atoms with Crippen molar-refractivity contribution in [3.8, 4) is 0 Å². The highest BCUT2D eigenvalue weighted by atomic mass is 16.4. The molecular weight excluding hydrogens is 220 g/mol. The quantitative estimate of drug-likeness (QED) is 0.640. The lowest BCUT2D eigenvalue weighted by molar-refractivity contribution is -0.143. The van der Waals surface area contributed by atoms with Gasteiger partial charge in [0.25, 0.3) is 0 Å². The van der Waals surface area contributed by atoms with Crippen molar-refractivity contribution in [2.24, 2.45) is 5.92 Å². The van der Waals surface area contributed by atoms with Crippen LogP contribution >= 0.6 is 0 Å². The zero-order chi connectivity index (χ0) is 13.5. The van der Waals surface area contributed by atoms with Gasteiger partial charge < -0.3 is 15.7 Å². The van der Waals surface area contributed by atoms with E-state index in [1.54, 1.807) is 6.92 Å². The number of carboxylic acid groups (broad SMARTS) is 1. The third kappa shape index (κ3) is 5.56. The minimum Gasteiger partial charge on any atom is -0.480 e. The number of amides is 2. The zero-order valence-electron chi connectivity index (χ0n) is 11.2. The van der Waals surface area contributed by atoms with E-state index in [9.17, 15) is 9.59 Å². The summed E-state index contributed by atoms with van der Waals surface area (Å²) < 4.78 is 0. The Hall–Kier alpha value is -1.26. The van der Waals surface area contributed by atoms with E-state index in [-0.39, 0.29) is 0 Å². The second-order valence-electron chi connectivity index (χ2n) is 4.72. The molecule has 2 unspecified atom stereocenters. The summed E-state index contributed by atoms with van der Waals surface area (Å²) >= 11 is 0. The van der Waals surface area contributed by atoms with Crippen molar-refractivity contribution in [3.63, 3.8) is 0 Å². The fourth-order valence-corrected chi connectivity index (χ4v) is 1.45. The van der Waals surface area contributed by atoms with Gasteiger partial charge in [0.2, 0.25) is 0 Å². The number of carboxylic acids is 1. The summed E-state index contributed by atoms with van der Waals surface area (Å²) in [6, 6.07) is -0.417. The van der Waals surface area contributed by atoms with Gasteiger partial charge in [-0.25, -0.2) is 9.59 Å². The minimum atomic E-state index is -1.20. The molecule has 17 heavy (non-hydrogen) atoms. The molecular formula is C12H24N2O3. The molecule has 0 aromatic rings. The van der Waals surface area contributed by atoms with E-state index in [0.29, 0.717) is 18.9 Å². The topological polar surface area (TPSA) is 78.4 Å². The first-order chi connectivity index (χ1) is 7.85. The Morgan fingerprint density at radius 1 is 1.35 bits per heavy atom. The van der Waals surface area contributed by atoms with Gasteiger partial charge in [0.05, 0.1) is 0 Å². The van der Waals surface area contributed by atoms with E-state index in [1.165, 1.54) is 6.92 Å². The first-order valence-corrected chi connectivity index (χ1v) is 6.15. The number of carbonyl (C=O) groups excluding carboxylic acids is 1. The molecule has 0 aromatic heterocycles. The molecule has 0 bridgehead atoms. The van der Waals surface area contributed by atoms with E-state index in [1.807, 2.05) is 0 Å². The summed E-state index contributed by atoms with van der Waals surface area (Å²) in [7, 11) is 0. The van der Waals surface area contributed by atoms with Crippen LogP contribution in [0.5, 0.6) is 0 Å². The summed E-state index contributed by atoms with van der Waals surface area (Å²) in [6.07, 6.45) is 2.47. The fraction of sp³-hybridized carbons (Fsp3) is 0.833. The maximum Gasteiger partial charge on any atom is 0.329 e. The molecule has 0 saturated heterocycles. The lowest BCUT2D eigenvalue weighted by Crippen LogP contribution is -2.55. The van der Waals surface area contributed by atoms with Crippen LogP contribution in [-0.2, 0) is 4.79 Å². The lowest BCUT2D eigenvalue weighted by Gasteiger charge is -2.25. The normalized spacial score (nSPS) is 15.8. The van der Waals surface area contributed by atoms with Crippen LogP contribution in [0.15, 0.2) is 0 Å². The van der Waals surface area contributed by atoms with E-state index in [0.717, 1.165) is 12.8 Å². The number of aliphatic carboxylic acids is 1. The van der Waals surface area contributed by atoms with Crippen molar-refractivity contribution in [1.29, 1.82) is 0 Å². The molecule has 0 aromatic carbocycles. The molecule has 0 fully saturated rings. The number of nitrogens with one attached hydrogen (secondary N) is 2. The van der Waals surface area contributed by atoms with Gasteiger partial charge in [-0.05, 0) is 25.7 Å². The molecule has 3 N–H and O–H groups in total. The monoisotopic (exact) mass is 244 g/mol. The predicted molar refractivity (Wildman–Crippen MR) is 66.9 cm³/mol. The largest absolute Gasteiger partial charge is 0.480 e. The van der Waals surface area contributed by atoms with E-state index in [2.05, 4.69) is 24.5 Å². The van der Waals surface area contributed by atoms with Gasteiger partial charge >= 0.3 is 12.0 Å².